The highest BCUT2D eigenvalue weighted by Crippen LogP contribution is 2.13. The molecular weight excluding hydrogens is 214 g/mol. The van der Waals surface area contributed by atoms with Gasteiger partial charge in [0.15, 0.2) is 0 Å². The molecule has 17 heavy (non-hydrogen) atoms. The van der Waals surface area contributed by atoms with Gasteiger partial charge in [0.25, 0.3) is 0 Å². The van der Waals surface area contributed by atoms with Gasteiger partial charge in [-0.25, -0.2) is 0 Å². The van der Waals surface area contributed by atoms with Crippen LogP contribution in [0, 0.1) is 6.92 Å². The minimum atomic E-state index is -0.442. The van der Waals surface area contributed by atoms with E-state index in [1.165, 1.54) is 11.1 Å². The predicted octanol–water partition coefficient (Wildman–Crippen LogP) is 2.04. The van der Waals surface area contributed by atoms with Gasteiger partial charge in [-0.1, -0.05) is 29.8 Å². The molecular formula is C14H23NO2. The largest absolute Gasteiger partial charge is 0.389 e. The summed E-state index contributed by atoms with van der Waals surface area (Å²) >= 11 is 0. The predicted molar refractivity (Wildman–Crippen MR) is 70.1 cm³/mol. The second-order valence-corrected chi connectivity index (χ2v) is 4.36. The first kappa shape index (κ1) is 14.2. The van der Waals surface area contributed by atoms with Crippen molar-refractivity contribution in [3.05, 3.63) is 35.4 Å². The van der Waals surface area contributed by atoms with Crippen molar-refractivity contribution in [2.75, 3.05) is 19.8 Å². The highest BCUT2D eigenvalue weighted by atomic mass is 16.5. The lowest BCUT2D eigenvalue weighted by Gasteiger charge is -2.17. The molecule has 0 aliphatic heterocycles. The second kappa shape index (κ2) is 7.43. The fraction of sp³-hybridized carbons (Fsp3) is 0.571. The number of ether oxygens (including phenoxy) is 1. The molecule has 3 heteroatoms. The van der Waals surface area contributed by atoms with Crippen LogP contribution in [0.1, 0.15) is 31.0 Å². The van der Waals surface area contributed by atoms with Gasteiger partial charge in [0.05, 0.1) is 12.7 Å². The first-order chi connectivity index (χ1) is 8.13. The lowest BCUT2D eigenvalue weighted by Crippen LogP contribution is -2.32. The van der Waals surface area contributed by atoms with Crippen LogP contribution < -0.4 is 5.32 Å². The van der Waals surface area contributed by atoms with Gasteiger partial charge in [0.2, 0.25) is 0 Å². The second-order valence-electron chi connectivity index (χ2n) is 4.36. The van der Waals surface area contributed by atoms with Crippen LogP contribution in [0.5, 0.6) is 0 Å². The molecule has 1 rings (SSSR count). The highest BCUT2D eigenvalue weighted by Gasteiger charge is 2.08. The van der Waals surface area contributed by atoms with E-state index < -0.39 is 6.10 Å². The van der Waals surface area contributed by atoms with Crippen LogP contribution in [0.3, 0.4) is 0 Å². The van der Waals surface area contributed by atoms with Crippen molar-refractivity contribution in [1.82, 2.24) is 5.32 Å². The maximum absolute atomic E-state index is 9.64. The Bertz CT molecular complexity index is 328. The molecule has 96 valence electrons. The quantitative estimate of drug-likeness (QED) is 0.762. The summed E-state index contributed by atoms with van der Waals surface area (Å²) in [5.41, 5.74) is 2.50. The molecule has 0 aromatic heterocycles. The van der Waals surface area contributed by atoms with Crippen LogP contribution in [0.15, 0.2) is 24.3 Å². The van der Waals surface area contributed by atoms with Crippen LogP contribution in [0.25, 0.3) is 0 Å². The van der Waals surface area contributed by atoms with E-state index in [1.54, 1.807) is 0 Å². The van der Waals surface area contributed by atoms with E-state index in [0.717, 1.165) is 0 Å². The molecule has 3 nitrogen and oxygen atoms in total. The average molecular weight is 237 g/mol. The van der Waals surface area contributed by atoms with Crippen LogP contribution in [0.2, 0.25) is 0 Å². The number of rotatable bonds is 7. The van der Waals surface area contributed by atoms with Crippen LogP contribution >= 0.6 is 0 Å². The van der Waals surface area contributed by atoms with E-state index in [0.29, 0.717) is 19.8 Å². The molecule has 0 fully saturated rings. The summed E-state index contributed by atoms with van der Waals surface area (Å²) in [6.07, 6.45) is -0.442. The zero-order valence-corrected chi connectivity index (χ0v) is 10.9. The first-order valence-electron chi connectivity index (χ1n) is 6.19. The SMILES string of the molecule is CCOCC(O)CN[C@H](C)c1cccc(C)c1. The molecule has 0 bridgehead atoms. The minimum Gasteiger partial charge on any atom is -0.389 e. The Morgan fingerprint density at radius 3 is 2.82 bits per heavy atom. The summed E-state index contributed by atoms with van der Waals surface area (Å²) in [6, 6.07) is 8.64. The van der Waals surface area contributed by atoms with Gasteiger partial charge in [0.1, 0.15) is 0 Å². The highest BCUT2D eigenvalue weighted by molar-refractivity contribution is 5.24. The molecule has 0 aliphatic rings. The van der Waals surface area contributed by atoms with E-state index in [2.05, 4.69) is 43.4 Å². The van der Waals surface area contributed by atoms with Crippen molar-refractivity contribution >= 4 is 0 Å². The summed E-state index contributed by atoms with van der Waals surface area (Å²) < 4.78 is 5.16. The molecule has 1 aromatic rings. The number of hydrogen-bond acceptors (Lipinski definition) is 3. The lowest BCUT2D eigenvalue weighted by molar-refractivity contribution is 0.0416. The van der Waals surface area contributed by atoms with Gasteiger partial charge >= 0.3 is 0 Å². The van der Waals surface area contributed by atoms with E-state index in [4.69, 9.17) is 4.74 Å². The molecule has 0 amide bonds. The third kappa shape index (κ3) is 5.31. The van der Waals surface area contributed by atoms with Gasteiger partial charge in [0, 0.05) is 19.2 Å². The topological polar surface area (TPSA) is 41.5 Å². The van der Waals surface area contributed by atoms with Crippen LogP contribution in [-0.2, 0) is 4.74 Å². The Labute approximate surface area is 104 Å². The summed E-state index contributed by atoms with van der Waals surface area (Å²) in [7, 11) is 0. The number of aliphatic hydroxyl groups is 1. The monoisotopic (exact) mass is 237 g/mol. The number of nitrogens with one attached hydrogen (secondary N) is 1. The number of hydrogen-bond donors (Lipinski definition) is 2. The van der Waals surface area contributed by atoms with E-state index in [9.17, 15) is 5.11 Å². The number of aryl methyl sites for hydroxylation is 1. The van der Waals surface area contributed by atoms with Crippen molar-refractivity contribution in [3.63, 3.8) is 0 Å². The molecule has 0 aliphatic carbocycles. The van der Waals surface area contributed by atoms with Crippen molar-refractivity contribution in [2.24, 2.45) is 0 Å². The van der Waals surface area contributed by atoms with E-state index in [1.807, 2.05) is 6.92 Å². The molecule has 0 saturated heterocycles. The summed E-state index contributed by atoms with van der Waals surface area (Å²) in [5.74, 6) is 0. The van der Waals surface area contributed by atoms with Gasteiger partial charge in [-0.15, -0.1) is 0 Å². The Morgan fingerprint density at radius 2 is 2.18 bits per heavy atom. The number of aliphatic hydroxyl groups excluding tert-OH is 1. The Balaban J connectivity index is 2.36. The van der Waals surface area contributed by atoms with Gasteiger partial charge in [-0.3, -0.25) is 0 Å². The van der Waals surface area contributed by atoms with Crippen molar-refractivity contribution < 1.29 is 9.84 Å². The normalized spacial score (nSPS) is 14.6. The van der Waals surface area contributed by atoms with Crippen LogP contribution in [0.4, 0.5) is 0 Å². The molecule has 1 aromatic carbocycles. The van der Waals surface area contributed by atoms with Gasteiger partial charge in [-0.2, -0.15) is 0 Å². The maximum atomic E-state index is 9.64. The van der Waals surface area contributed by atoms with Crippen molar-refractivity contribution in [2.45, 2.75) is 32.9 Å². The van der Waals surface area contributed by atoms with E-state index >= 15 is 0 Å². The van der Waals surface area contributed by atoms with Crippen LogP contribution in [-0.4, -0.2) is 31.0 Å². The smallest absolute Gasteiger partial charge is 0.0897 e. The molecule has 0 heterocycles. The fourth-order valence-electron chi connectivity index (χ4n) is 1.68. The first-order valence-corrected chi connectivity index (χ1v) is 6.19. The third-order valence-corrected chi connectivity index (χ3v) is 2.72. The molecule has 0 spiro atoms. The summed E-state index contributed by atoms with van der Waals surface area (Å²) in [4.78, 5) is 0. The lowest BCUT2D eigenvalue weighted by atomic mass is 10.1. The maximum Gasteiger partial charge on any atom is 0.0897 e. The Morgan fingerprint density at radius 1 is 1.41 bits per heavy atom. The molecule has 2 atom stereocenters. The standard InChI is InChI=1S/C14H23NO2/c1-4-17-10-14(16)9-15-12(3)13-7-5-6-11(2)8-13/h5-8,12,14-16H,4,9-10H2,1-3H3/t12-,14?/m1/s1. The third-order valence-electron chi connectivity index (χ3n) is 2.72. The average Bonchev–Trinajstić information content (AvgIpc) is 2.33. The van der Waals surface area contributed by atoms with E-state index in [-0.39, 0.29) is 6.04 Å². The number of benzene rings is 1. The molecule has 0 radical (unpaired) electrons. The van der Waals surface area contributed by atoms with Gasteiger partial charge < -0.3 is 15.2 Å². The Hall–Kier alpha value is -0.900. The fourth-order valence-corrected chi connectivity index (χ4v) is 1.68. The minimum absolute atomic E-state index is 0.242. The van der Waals surface area contributed by atoms with Crippen molar-refractivity contribution in [1.29, 1.82) is 0 Å². The van der Waals surface area contributed by atoms with Gasteiger partial charge in [-0.05, 0) is 26.3 Å². The summed E-state index contributed by atoms with van der Waals surface area (Å²) in [6.45, 7) is 7.70. The summed E-state index contributed by atoms with van der Waals surface area (Å²) in [5, 5.41) is 12.9. The zero-order chi connectivity index (χ0) is 12.7. The molecule has 1 unspecified atom stereocenters. The zero-order valence-electron chi connectivity index (χ0n) is 10.9. The van der Waals surface area contributed by atoms with Crippen molar-refractivity contribution in [3.8, 4) is 0 Å². The molecule has 0 saturated carbocycles. The Kier molecular flexibility index (Phi) is 6.19. The molecule has 2 N–H and O–H groups in total.